The van der Waals surface area contributed by atoms with Crippen LogP contribution in [-0.2, 0) is 4.79 Å². The van der Waals surface area contributed by atoms with E-state index in [-0.39, 0.29) is 6.42 Å². The van der Waals surface area contributed by atoms with Crippen LogP contribution >= 0.6 is 0 Å². The molecule has 0 bridgehead atoms. The van der Waals surface area contributed by atoms with Gasteiger partial charge in [0.2, 0.25) is 5.91 Å². The molecule has 2 aromatic rings. The number of nitriles is 1. The van der Waals surface area contributed by atoms with E-state index in [0.717, 1.165) is 11.1 Å². The van der Waals surface area contributed by atoms with Crippen LogP contribution in [0.15, 0.2) is 48.8 Å². The summed E-state index contributed by atoms with van der Waals surface area (Å²) in [7, 11) is 0. The number of rotatable bonds is 6. The molecule has 0 saturated carbocycles. The van der Waals surface area contributed by atoms with E-state index in [4.69, 9.17) is 5.26 Å². The number of aromatic nitrogens is 1. The third-order valence-corrected chi connectivity index (χ3v) is 3.38. The van der Waals surface area contributed by atoms with Gasteiger partial charge >= 0.3 is 0 Å². The second kappa shape index (κ2) is 8.01. The van der Waals surface area contributed by atoms with Gasteiger partial charge in [0.05, 0.1) is 12.1 Å². The lowest BCUT2D eigenvalue weighted by Gasteiger charge is -2.21. The lowest BCUT2D eigenvalue weighted by atomic mass is 9.99. The molecule has 1 heterocycles. The molecule has 23 heavy (non-hydrogen) atoms. The van der Waals surface area contributed by atoms with Crippen LogP contribution in [0.1, 0.15) is 18.1 Å². The number of hydrogen-bond acceptors (Lipinski definition) is 4. The highest BCUT2D eigenvalue weighted by Crippen LogP contribution is 2.23. The molecule has 0 spiro atoms. The van der Waals surface area contributed by atoms with E-state index in [1.54, 1.807) is 42.7 Å². The highest BCUT2D eigenvalue weighted by Gasteiger charge is 2.22. The molecule has 118 valence electrons. The van der Waals surface area contributed by atoms with Crippen LogP contribution < -0.4 is 5.32 Å². The summed E-state index contributed by atoms with van der Waals surface area (Å²) in [6.45, 7) is -0.928. The number of aliphatic hydroxyl groups excluding tert-OH is 1. The zero-order valence-electron chi connectivity index (χ0n) is 12.3. The minimum Gasteiger partial charge on any atom is -0.386 e. The third kappa shape index (κ3) is 4.34. The summed E-state index contributed by atoms with van der Waals surface area (Å²) in [5, 5.41) is 21.0. The summed E-state index contributed by atoms with van der Waals surface area (Å²) < 4.78 is 13.1. The molecule has 2 unspecified atom stereocenters. The van der Waals surface area contributed by atoms with Crippen molar-refractivity contribution in [1.29, 1.82) is 5.26 Å². The zero-order chi connectivity index (χ0) is 16.7. The molecule has 1 aromatic carbocycles. The maximum absolute atomic E-state index is 13.1. The van der Waals surface area contributed by atoms with Gasteiger partial charge in [-0.25, -0.2) is 4.39 Å². The Morgan fingerprint density at radius 2 is 2.04 bits per heavy atom. The van der Waals surface area contributed by atoms with Crippen molar-refractivity contribution in [3.63, 3.8) is 0 Å². The number of alkyl halides is 1. The van der Waals surface area contributed by atoms with E-state index in [2.05, 4.69) is 10.3 Å². The Morgan fingerprint density at radius 3 is 2.61 bits per heavy atom. The molecule has 1 aromatic heterocycles. The van der Waals surface area contributed by atoms with E-state index < -0.39 is 24.7 Å². The first-order chi connectivity index (χ1) is 11.2. The minimum absolute atomic E-state index is 0.372. The molecule has 5 nitrogen and oxygen atoms in total. The molecular weight excluding hydrogens is 297 g/mol. The molecule has 2 rings (SSSR count). The van der Waals surface area contributed by atoms with Crippen molar-refractivity contribution in [3.05, 3.63) is 54.4 Å². The molecule has 6 heteroatoms. The topological polar surface area (TPSA) is 86.0 Å². The number of pyridine rings is 1. The molecule has 0 aliphatic heterocycles. The first-order valence-electron chi connectivity index (χ1n) is 7.06. The fraction of sp³-hybridized carbons (Fsp3) is 0.235. The number of hydrogen-bond donors (Lipinski definition) is 2. The van der Waals surface area contributed by atoms with Crippen molar-refractivity contribution in [2.45, 2.75) is 18.6 Å². The van der Waals surface area contributed by atoms with Gasteiger partial charge in [-0.2, -0.15) is 5.26 Å². The Labute approximate surface area is 133 Å². The molecule has 0 saturated heterocycles. The van der Waals surface area contributed by atoms with Gasteiger partial charge in [0.1, 0.15) is 19.2 Å². The SMILES string of the molecule is N#CCC(=O)NC(CF)C(O)c1ccc(-c2cccnc2)cc1. The largest absolute Gasteiger partial charge is 0.386 e. The second-order valence-corrected chi connectivity index (χ2v) is 4.97. The van der Waals surface area contributed by atoms with Crippen LogP contribution in [0.2, 0.25) is 0 Å². The third-order valence-electron chi connectivity index (χ3n) is 3.38. The van der Waals surface area contributed by atoms with E-state index in [1.807, 2.05) is 12.1 Å². The van der Waals surface area contributed by atoms with Gasteiger partial charge < -0.3 is 10.4 Å². The van der Waals surface area contributed by atoms with Gasteiger partial charge in [0.15, 0.2) is 0 Å². The number of nitrogens with one attached hydrogen (secondary N) is 1. The number of aliphatic hydroxyl groups is 1. The number of carbonyl (C=O) groups is 1. The molecule has 0 radical (unpaired) electrons. The summed E-state index contributed by atoms with van der Waals surface area (Å²) >= 11 is 0. The summed E-state index contributed by atoms with van der Waals surface area (Å²) in [6, 6.07) is 11.3. The first kappa shape index (κ1) is 16.6. The van der Waals surface area contributed by atoms with E-state index in [1.165, 1.54) is 0 Å². The van der Waals surface area contributed by atoms with Crippen molar-refractivity contribution in [3.8, 4) is 17.2 Å². The fourth-order valence-corrected chi connectivity index (χ4v) is 2.17. The Hall–Kier alpha value is -2.78. The lowest BCUT2D eigenvalue weighted by Crippen LogP contribution is -2.40. The average Bonchev–Trinajstić information content (AvgIpc) is 2.60. The van der Waals surface area contributed by atoms with Crippen molar-refractivity contribution in [2.24, 2.45) is 0 Å². The monoisotopic (exact) mass is 313 g/mol. The van der Waals surface area contributed by atoms with Crippen LogP contribution in [0.5, 0.6) is 0 Å². The van der Waals surface area contributed by atoms with Crippen LogP contribution in [0.25, 0.3) is 11.1 Å². The number of amides is 1. The predicted octanol–water partition coefficient (Wildman–Crippen LogP) is 2.15. The van der Waals surface area contributed by atoms with E-state index in [9.17, 15) is 14.3 Å². The number of nitrogens with zero attached hydrogens (tertiary/aromatic N) is 2. The number of carbonyl (C=O) groups excluding carboxylic acids is 1. The lowest BCUT2D eigenvalue weighted by molar-refractivity contribution is -0.121. The zero-order valence-corrected chi connectivity index (χ0v) is 12.3. The minimum atomic E-state index is -1.19. The first-order valence-corrected chi connectivity index (χ1v) is 7.06. The second-order valence-electron chi connectivity index (χ2n) is 4.97. The summed E-state index contributed by atoms with van der Waals surface area (Å²) in [6.07, 6.45) is 1.84. The molecule has 2 atom stereocenters. The van der Waals surface area contributed by atoms with Crippen molar-refractivity contribution >= 4 is 5.91 Å². The van der Waals surface area contributed by atoms with Crippen LogP contribution in [0.3, 0.4) is 0 Å². The van der Waals surface area contributed by atoms with E-state index in [0.29, 0.717) is 5.56 Å². The number of halogens is 1. The van der Waals surface area contributed by atoms with Crippen molar-refractivity contribution in [1.82, 2.24) is 10.3 Å². The molecule has 2 N–H and O–H groups in total. The van der Waals surface area contributed by atoms with E-state index >= 15 is 0 Å². The standard InChI is InChI=1S/C17H16FN3O2/c18-10-15(21-16(22)7-8-19)17(23)13-5-3-12(4-6-13)14-2-1-9-20-11-14/h1-6,9,11,15,17,23H,7,10H2,(H,21,22). The van der Waals surface area contributed by atoms with Gasteiger partial charge in [-0.1, -0.05) is 30.3 Å². The maximum Gasteiger partial charge on any atom is 0.234 e. The highest BCUT2D eigenvalue weighted by molar-refractivity contribution is 5.78. The Morgan fingerprint density at radius 1 is 1.30 bits per heavy atom. The van der Waals surface area contributed by atoms with Gasteiger partial charge in [0.25, 0.3) is 0 Å². The van der Waals surface area contributed by atoms with Gasteiger partial charge in [0, 0.05) is 12.4 Å². The van der Waals surface area contributed by atoms with Crippen LogP contribution in [0.4, 0.5) is 4.39 Å². The average molecular weight is 313 g/mol. The predicted molar refractivity (Wildman–Crippen MR) is 82.8 cm³/mol. The number of benzene rings is 1. The molecule has 0 aliphatic carbocycles. The molecular formula is C17H16FN3O2. The Kier molecular flexibility index (Phi) is 5.78. The van der Waals surface area contributed by atoms with Crippen LogP contribution in [0, 0.1) is 11.3 Å². The van der Waals surface area contributed by atoms with Gasteiger partial charge in [-0.15, -0.1) is 0 Å². The quantitative estimate of drug-likeness (QED) is 0.855. The Balaban J connectivity index is 2.11. The smallest absolute Gasteiger partial charge is 0.234 e. The van der Waals surface area contributed by atoms with Gasteiger partial charge in [-0.05, 0) is 22.8 Å². The Bertz CT molecular complexity index is 683. The van der Waals surface area contributed by atoms with Crippen LogP contribution in [-0.4, -0.2) is 28.7 Å². The summed E-state index contributed by atoms with van der Waals surface area (Å²) in [4.78, 5) is 15.4. The molecule has 1 amide bonds. The van der Waals surface area contributed by atoms with Crippen molar-refractivity contribution < 1.29 is 14.3 Å². The molecule has 0 fully saturated rings. The van der Waals surface area contributed by atoms with Gasteiger partial charge in [-0.3, -0.25) is 9.78 Å². The summed E-state index contributed by atoms with van der Waals surface area (Å²) in [5.74, 6) is -0.610. The van der Waals surface area contributed by atoms with Crippen molar-refractivity contribution in [2.75, 3.05) is 6.67 Å². The normalized spacial score (nSPS) is 12.9. The molecule has 0 aliphatic rings. The summed E-state index contributed by atoms with van der Waals surface area (Å²) in [5.41, 5.74) is 2.33. The maximum atomic E-state index is 13.1. The fourth-order valence-electron chi connectivity index (χ4n) is 2.17. The highest BCUT2D eigenvalue weighted by atomic mass is 19.1.